The van der Waals surface area contributed by atoms with Crippen LogP contribution in [0.5, 0.6) is 23.0 Å². The minimum atomic E-state index is -0.0803. The number of rotatable bonds is 0. The van der Waals surface area contributed by atoms with Gasteiger partial charge in [0, 0.05) is 0 Å². The zero-order chi connectivity index (χ0) is 50.9. The van der Waals surface area contributed by atoms with Crippen molar-refractivity contribution in [3.05, 3.63) is 115 Å². The Morgan fingerprint density at radius 2 is 0.292 bits per heavy atom. The Morgan fingerprint density at radius 3 is 0.354 bits per heavy atom. The SMILES string of the molecule is Cc1cc(C(C)(C)C)c([O-])c(C(C)(C)C)c1.Cc1cc(C(C)(C)C)c([O-])c(C(C)(C)C)c1.Cc1cc(C(C)(C)C)c([O-])c(C(C)(C)C)c1.Cc1cc(C(C)(C)C)c([O-])c(C(C)(C)C)c1.[Zr+4]. The molecule has 0 aliphatic carbocycles. The molecule has 4 nitrogen and oxygen atoms in total. The molecule has 0 aliphatic heterocycles. The van der Waals surface area contributed by atoms with Gasteiger partial charge in [-0.2, -0.15) is 0 Å². The van der Waals surface area contributed by atoms with Crippen LogP contribution in [0.25, 0.3) is 0 Å². The molecule has 65 heavy (non-hydrogen) atoms. The zero-order valence-electron chi connectivity index (χ0n) is 46.8. The van der Waals surface area contributed by atoms with Gasteiger partial charge in [-0.3, -0.25) is 0 Å². The third-order valence-electron chi connectivity index (χ3n) is 11.4. The molecule has 0 aliphatic rings. The molecule has 0 radical (unpaired) electrons. The molecule has 0 fully saturated rings. The minimum absolute atomic E-state index is 0. The largest absolute Gasteiger partial charge is 4.00 e. The summed E-state index contributed by atoms with van der Waals surface area (Å²) in [5.74, 6) is 0.854. The molecular weight excluding hydrogens is 876 g/mol. The first-order valence-electron chi connectivity index (χ1n) is 23.4. The molecule has 0 heterocycles. The predicted octanol–water partition coefficient (Wildman–Crippen LogP) is 14.7. The summed E-state index contributed by atoms with van der Waals surface area (Å²) in [6, 6.07) is 16.2. The van der Waals surface area contributed by atoms with Gasteiger partial charge in [-0.15, -0.1) is 23.0 Å². The molecule has 0 atom stereocenters. The van der Waals surface area contributed by atoms with Crippen molar-refractivity contribution in [3.8, 4) is 23.0 Å². The normalized spacial score (nSPS) is 12.7. The Labute approximate surface area is 419 Å². The third kappa shape index (κ3) is 17.9. The molecule has 0 amide bonds. The fourth-order valence-electron chi connectivity index (χ4n) is 7.55. The molecule has 0 saturated heterocycles. The molecule has 0 saturated carbocycles. The molecule has 4 rings (SSSR count). The van der Waals surface area contributed by atoms with Crippen LogP contribution in [-0.2, 0) is 69.5 Å². The Morgan fingerprint density at radius 1 is 0.215 bits per heavy atom. The van der Waals surface area contributed by atoms with Crippen molar-refractivity contribution in [2.45, 2.75) is 237 Å². The van der Waals surface area contributed by atoms with Crippen LogP contribution in [0.3, 0.4) is 0 Å². The molecule has 0 aromatic heterocycles. The first kappa shape index (κ1) is 62.0. The van der Waals surface area contributed by atoms with Gasteiger partial charge in [0.1, 0.15) is 0 Å². The van der Waals surface area contributed by atoms with Gasteiger partial charge in [0.05, 0.1) is 0 Å². The number of hydrogen-bond acceptors (Lipinski definition) is 4. The van der Waals surface area contributed by atoms with Crippen LogP contribution in [0.15, 0.2) is 48.5 Å². The van der Waals surface area contributed by atoms with E-state index in [1.807, 2.05) is 48.5 Å². The maximum atomic E-state index is 12.4. The van der Waals surface area contributed by atoms with Crippen LogP contribution in [0, 0.1) is 27.7 Å². The molecular formula is C60H92O4Zr. The van der Waals surface area contributed by atoms with Crippen LogP contribution < -0.4 is 20.4 Å². The summed E-state index contributed by atoms with van der Waals surface area (Å²) in [4.78, 5) is 0. The summed E-state index contributed by atoms with van der Waals surface area (Å²) in [5.41, 5.74) is 11.5. The zero-order valence-corrected chi connectivity index (χ0v) is 49.2. The average molecular weight is 969 g/mol. The summed E-state index contributed by atoms with van der Waals surface area (Å²) >= 11 is 0. The van der Waals surface area contributed by atoms with E-state index in [-0.39, 0.29) is 92.5 Å². The van der Waals surface area contributed by atoms with Gasteiger partial charge in [0.15, 0.2) is 0 Å². The van der Waals surface area contributed by atoms with Crippen LogP contribution >= 0.6 is 0 Å². The summed E-state index contributed by atoms with van der Waals surface area (Å²) < 4.78 is 0. The Kier molecular flexibility index (Phi) is 20.5. The monoisotopic (exact) mass is 967 g/mol. The van der Waals surface area contributed by atoms with Crippen LogP contribution in [0.1, 0.15) is 233 Å². The summed E-state index contributed by atoms with van der Waals surface area (Å²) in [6.07, 6.45) is 0. The van der Waals surface area contributed by atoms with Crippen molar-refractivity contribution in [1.82, 2.24) is 0 Å². The number of hydrogen-bond donors (Lipinski definition) is 0. The van der Waals surface area contributed by atoms with E-state index in [0.29, 0.717) is 0 Å². The van der Waals surface area contributed by atoms with Crippen LogP contribution in [-0.4, -0.2) is 0 Å². The van der Waals surface area contributed by atoms with Gasteiger partial charge in [0.25, 0.3) is 0 Å². The van der Waals surface area contributed by atoms with E-state index in [1.54, 1.807) is 0 Å². The van der Waals surface area contributed by atoms with Crippen molar-refractivity contribution >= 4 is 0 Å². The molecule has 360 valence electrons. The average Bonchev–Trinajstić information content (AvgIpc) is 3.05. The minimum Gasteiger partial charge on any atom is -0.872 e. The molecule has 5 heteroatoms. The summed E-state index contributed by atoms with van der Waals surface area (Å²) in [5, 5.41) is 49.7. The fraction of sp³-hybridized carbons (Fsp3) is 0.600. The Bertz CT molecular complexity index is 1740. The predicted molar refractivity (Wildman–Crippen MR) is 272 cm³/mol. The number of benzene rings is 4. The maximum Gasteiger partial charge on any atom is 4.00 e. The van der Waals surface area contributed by atoms with E-state index < -0.39 is 0 Å². The quantitative estimate of drug-likeness (QED) is 0.175. The van der Waals surface area contributed by atoms with E-state index in [1.165, 1.54) is 22.3 Å². The van der Waals surface area contributed by atoms with Crippen molar-refractivity contribution in [1.29, 1.82) is 0 Å². The van der Waals surface area contributed by atoms with Gasteiger partial charge in [-0.05, 0) is 116 Å². The molecule has 0 unspecified atom stereocenters. The molecule has 4 aromatic carbocycles. The maximum absolute atomic E-state index is 12.4. The van der Waals surface area contributed by atoms with Gasteiger partial charge < -0.3 is 20.4 Å². The van der Waals surface area contributed by atoms with E-state index >= 15 is 0 Å². The first-order chi connectivity index (χ1) is 28.1. The van der Waals surface area contributed by atoms with Gasteiger partial charge in [-0.25, -0.2) is 0 Å². The third-order valence-corrected chi connectivity index (χ3v) is 11.4. The van der Waals surface area contributed by atoms with E-state index in [0.717, 1.165) is 44.5 Å². The topological polar surface area (TPSA) is 92.2 Å². The molecule has 0 N–H and O–H groups in total. The summed E-state index contributed by atoms with van der Waals surface area (Å²) in [6.45, 7) is 58.5. The summed E-state index contributed by atoms with van der Waals surface area (Å²) in [7, 11) is 0. The Hall–Kier alpha value is -3.04. The second kappa shape index (κ2) is 21.5. The second-order valence-corrected chi connectivity index (χ2v) is 26.8. The van der Waals surface area contributed by atoms with Gasteiger partial charge in [-0.1, -0.05) is 237 Å². The standard InChI is InChI=1S/4C15H24O.Zr/c4*1-10-8-11(14(2,3)4)13(16)12(9-10)15(5,6)7;/h4*8-9,16H,1-7H3;/q;;;;+4/p-4. The number of aryl methyl sites for hydroxylation is 4. The molecule has 4 aromatic rings. The van der Waals surface area contributed by atoms with E-state index in [9.17, 15) is 20.4 Å². The Balaban J connectivity index is 0.000000836. The van der Waals surface area contributed by atoms with Crippen LogP contribution in [0.2, 0.25) is 0 Å². The van der Waals surface area contributed by atoms with Crippen molar-refractivity contribution in [2.75, 3.05) is 0 Å². The van der Waals surface area contributed by atoms with Crippen molar-refractivity contribution in [2.24, 2.45) is 0 Å². The van der Waals surface area contributed by atoms with Crippen molar-refractivity contribution in [3.63, 3.8) is 0 Å². The van der Waals surface area contributed by atoms with E-state index in [2.05, 4.69) is 194 Å². The second-order valence-electron chi connectivity index (χ2n) is 26.8. The first-order valence-corrected chi connectivity index (χ1v) is 23.4. The van der Waals surface area contributed by atoms with Crippen molar-refractivity contribution < 1.29 is 46.6 Å². The van der Waals surface area contributed by atoms with Gasteiger partial charge in [0.2, 0.25) is 0 Å². The van der Waals surface area contributed by atoms with E-state index in [4.69, 9.17) is 0 Å². The molecule has 0 spiro atoms. The van der Waals surface area contributed by atoms with Gasteiger partial charge >= 0.3 is 26.2 Å². The smallest absolute Gasteiger partial charge is 0.872 e. The van der Waals surface area contributed by atoms with Crippen LogP contribution in [0.4, 0.5) is 0 Å². The fourth-order valence-corrected chi connectivity index (χ4v) is 7.55. The molecule has 0 bridgehead atoms.